The Morgan fingerprint density at radius 2 is 1.87 bits per heavy atom. The summed E-state index contributed by atoms with van der Waals surface area (Å²) in [6, 6.07) is 14.0. The van der Waals surface area contributed by atoms with Crippen LogP contribution in [0.2, 0.25) is 0 Å². The van der Waals surface area contributed by atoms with Gasteiger partial charge in [-0.05, 0) is 56.3 Å². The monoisotopic (exact) mass is 445 g/mol. The third-order valence-electron chi connectivity index (χ3n) is 4.09. The molecule has 0 saturated carbocycles. The van der Waals surface area contributed by atoms with Crippen molar-refractivity contribution in [1.29, 1.82) is 0 Å². The van der Waals surface area contributed by atoms with E-state index in [0.29, 0.717) is 42.6 Å². The summed E-state index contributed by atoms with van der Waals surface area (Å²) in [5.41, 5.74) is 0.859. The van der Waals surface area contributed by atoms with E-state index < -0.39 is 10.0 Å². The number of carbonyl (C=O) groups excluding carboxylic acids is 1. The Morgan fingerprint density at radius 3 is 2.55 bits per heavy atom. The number of hydrogen-bond donors (Lipinski definition) is 2. The lowest BCUT2D eigenvalue weighted by Gasteiger charge is -2.10. The molecule has 0 atom stereocenters. The van der Waals surface area contributed by atoms with E-state index in [9.17, 15) is 13.2 Å². The fourth-order valence-corrected chi connectivity index (χ4v) is 3.61. The van der Waals surface area contributed by atoms with E-state index in [4.69, 9.17) is 14.0 Å². The van der Waals surface area contributed by atoms with Gasteiger partial charge in [-0.1, -0.05) is 11.2 Å². The minimum atomic E-state index is -3.83. The maximum atomic E-state index is 12.5. The first-order valence-electron chi connectivity index (χ1n) is 9.55. The third-order valence-corrected chi connectivity index (χ3v) is 5.46. The summed E-state index contributed by atoms with van der Waals surface area (Å²) >= 11 is 0. The third kappa shape index (κ3) is 6.30. The average Bonchev–Trinajstić information content (AvgIpc) is 3.15. The quantitative estimate of drug-likeness (QED) is 0.459. The van der Waals surface area contributed by atoms with Gasteiger partial charge in [-0.2, -0.15) is 0 Å². The molecule has 10 heteroatoms. The van der Waals surface area contributed by atoms with E-state index in [0.717, 1.165) is 0 Å². The van der Waals surface area contributed by atoms with Crippen LogP contribution in [0, 0.1) is 6.92 Å². The van der Waals surface area contributed by atoms with Gasteiger partial charge in [0.2, 0.25) is 0 Å². The van der Waals surface area contributed by atoms with Crippen LogP contribution >= 0.6 is 0 Å². The highest BCUT2D eigenvalue weighted by Gasteiger charge is 2.16. The molecule has 0 aliphatic heterocycles. The standard InChI is InChI=1S/C21H23N3O6S/c1-3-28-11-12-29-18-6-4-5-16(14-18)21(25)22-17-7-9-19(10-8-17)31(26,27)24-20-13-15(2)30-23-20/h4-10,13-14H,3,11-12H2,1-2H3,(H,22,25)(H,23,24). The molecule has 1 amide bonds. The predicted octanol–water partition coefficient (Wildman–Crippen LogP) is 3.45. The second kappa shape index (κ2) is 10.1. The molecule has 0 bridgehead atoms. The average molecular weight is 445 g/mol. The van der Waals surface area contributed by atoms with Gasteiger partial charge < -0.3 is 19.3 Å². The van der Waals surface area contributed by atoms with Crippen LogP contribution in [0.1, 0.15) is 23.0 Å². The Balaban J connectivity index is 1.62. The molecule has 0 fully saturated rings. The van der Waals surface area contributed by atoms with Gasteiger partial charge in [0.25, 0.3) is 15.9 Å². The molecule has 31 heavy (non-hydrogen) atoms. The fourth-order valence-electron chi connectivity index (χ4n) is 2.62. The molecule has 164 valence electrons. The van der Waals surface area contributed by atoms with Gasteiger partial charge in [-0.3, -0.25) is 9.52 Å². The molecule has 2 aromatic carbocycles. The van der Waals surface area contributed by atoms with Crippen LogP contribution in [0.5, 0.6) is 5.75 Å². The molecule has 0 aliphatic rings. The van der Waals surface area contributed by atoms with E-state index >= 15 is 0 Å². The number of ether oxygens (including phenoxy) is 2. The molecule has 0 spiro atoms. The van der Waals surface area contributed by atoms with Gasteiger partial charge in [-0.15, -0.1) is 0 Å². The number of aryl methyl sites for hydroxylation is 1. The molecule has 0 radical (unpaired) electrons. The highest BCUT2D eigenvalue weighted by Crippen LogP contribution is 2.19. The summed E-state index contributed by atoms with van der Waals surface area (Å²) in [7, 11) is -3.83. The zero-order valence-corrected chi connectivity index (χ0v) is 17.9. The first-order chi connectivity index (χ1) is 14.9. The summed E-state index contributed by atoms with van der Waals surface area (Å²) in [5.74, 6) is 0.794. The largest absolute Gasteiger partial charge is 0.491 e. The lowest BCUT2D eigenvalue weighted by molar-refractivity contribution is 0.102. The number of nitrogens with one attached hydrogen (secondary N) is 2. The minimum absolute atomic E-state index is 0.0239. The molecule has 1 heterocycles. The molecule has 3 rings (SSSR count). The van der Waals surface area contributed by atoms with Crippen LogP contribution < -0.4 is 14.8 Å². The number of amides is 1. The number of rotatable bonds is 10. The van der Waals surface area contributed by atoms with Crippen molar-refractivity contribution >= 4 is 27.4 Å². The SMILES string of the molecule is CCOCCOc1cccc(C(=O)Nc2ccc(S(=O)(=O)Nc3cc(C)on3)cc2)c1. The summed E-state index contributed by atoms with van der Waals surface area (Å²) in [6.07, 6.45) is 0. The minimum Gasteiger partial charge on any atom is -0.491 e. The number of carbonyl (C=O) groups is 1. The van der Waals surface area contributed by atoms with Crippen molar-refractivity contribution in [3.05, 3.63) is 65.9 Å². The summed E-state index contributed by atoms with van der Waals surface area (Å²) in [5, 5.41) is 6.34. The van der Waals surface area contributed by atoms with Crippen molar-refractivity contribution in [3.63, 3.8) is 0 Å². The maximum absolute atomic E-state index is 12.5. The lowest BCUT2D eigenvalue weighted by Crippen LogP contribution is -2.14. The number of nitrogens with zero attached hydrogens (tertiary/aromatic N) is 1. The van der Waals surface area contributed by atoms with Gasteiger partial charge in [0.1, 0.15) is 18.1 Å². The maximum Gasteiger partial charge on any atom is 0.263 e. The molecule has 0 unspecified atom stereocenters. The number of aromatic nitrogens is 1. The molecule has 3 aromatic rings. The number of anilines is 2. The zero-order valence-electron chi connectivity index (χ0n) is 17.1. The van der Waals surface area contributed by atoms with Crippen LogP contribution in [0.25, 0.3) is 0 Å². The summed E-state index contributed by atoms with van der Waals surface area (Å²) < 4.78 is 42.8. The first kappa shape index (κ1) is 22.3. The van der Waals surface area contributed by atoms with E-state index in [1.165, 1.54) is 30.3 Å². The lowest BCUT2D eigenvalue weighted by atomic mass is 10.2. The Kier molecular flexibility index (Phi) is 7.27. The smallest absolute Gasteiger partial charge is 0.263 e. The molecule has 1 aromatic heterocycles. The molecule has 9 nitrogen and oxygen atoms in total. The van der Waals surface area contributed by atoms with Gasteiger partial charge in [0, 0.05) is 23.9 Å². The van der Waals surface area contributed by atoms with Crippen molar-refractivity contribution in [1.82, 2.24) is 5.16 Å². The van der Waals surface area contributed by atoms with Crippen molar-refractivity contribution in [2.75, 3.05) is 29.9 Å². The zero-order chi connectivity index (χ0) is 22.3. The van der Waals surface area contributed by atoms with Crippen molar-refractivity contribution < 1.29 is 27.2 Å². The fraction of sp³-hybridized carbons (Fsp3) is 0.238. The van der Waals surface area contributed by atoms with Gasteiger partial charge >= 0.3 is 0 Å². The molecular formula is C21H23N3O6S. The molecule has 0 aliphatic carbocycles. The van der Waals surface area contributed by atoms with E-state index in [2.05, 4.69) is 15.2 Å². The predicted molar refractivity (Wildman–Crippen MR) is 115 cm³/mol. The topological polar surface area (TPSA) is 120 Å². The van der Waals surface area contributed by atoms with E-state index in [-0.39, 0.29) is 16.6 Å². The molecule has 2 N–H and O–H groups in total. The van der Waals surface area contributed by atoms with E-state index in [1.54, 1.807) is 31.2 Å². The van der Waals surface area contributed by atoms with Crippen molar-refractivity contribution in [3.8, 4) is 5.75 Å². The second-order valence-electron chi connectivity index (χ2n) is 6.48. The van der Waals surface area contributed by atoms with Crippen molar-refractivity contribution in [2.45, 2.75) is 18.7 Å². The van der Waals surface area contributed by atoms with Gasteiger partial charge in [0.05, 0.1) is 11.5 Å². The molecular weight excluding hydrogens is 422 g/mol. The normalized spacial score (nSPS) is 11.2. The highest BCUT2D eigenvalue weighted by atomic mass is 32.2. The Hall–Kier alpha value is -3.37. The summed E-state index contributed by atoms with van der Waals surface area (Å²) in [6.45, 7) is 5.03. The van der Waals surface area contributed by atoms with Crippen molar-refractivity contribution in [2.24, 2.45) is 0 Å². The van der Waals surface area contributed by atoms with Gasteiger partial charge in [-0.25, -0.2) is 8.42 Å². The van der Waals surface area contributed by atoms with Crippen LogP contribution in [-0.4, -0.2) is 39.3 Å². The second-order valence-corrected chi connectivity index (χ2v) is 8.16. The Labute approximate surface area is 180 Å². The Morgan fingerprint density at radius 1 is 1.10 bits per heavy atom. The Bertz CT molecular complexity index is 1130. The first-order valence-corrected chi connectivity index (χ1v) is 11.0. The number of benzene rings is 2. The van der Waals surface area contributed by atoms with Crippen LogP contribution in [0.3, 0.4) is 0 Å². The van der Waals surface area contributed by atoms with Crippen LogP contribution in [0.15, 0.2) is 64.0 Å². The summed E-state index contributed by atoms with van der Waals surface area (Å²) in [4.78, 5) is 12.6. The molecule has 0 saturated heterocycles. The van der Waals surface area contributed by atoms with E-state index in [1.807, 2.05) is 6.92 Å². The highest BCUT2D eigenvalue weighted by molar-refractivity contribution is 7.92. The van der Waals surface area contributed by atoms with Gasteiger partial charge in [0.15, 0.2) is 5.82 Å². The number of sulfonamides is 1. The van der Waals surface area contributed by atoms with Crippen LogP contribution in [0.4, 0.5) is 11.5 Å². The van der Waals surface area contributed by atoms with Crippen LogP contribution in [-0.2, 0) is 14.8 Å². The number of hydrogen-bond acceptors (Lipinski definition) is 7.